The van der Waals surface area contributed by atoms with Gasteiger partial charge in [0.2, 0.25) is 0 Å². The molecule has 104 valence electrons. The maximum atomic E-state index is 11.0. The van der Waals surface area contributed by atoms with E-state index in [-0.39, 0.29) is 12.3 Å². The predicted molar refractivity (Wildman–Crippen MR) is 71.9 cm³/mol. The second-order valence-corrected chi connectivity index (χ2v) is 5.33. The molecule has 0 radical (unpaired) electrons. The van der Waals surface area contributed by atoms with E-state index in [0.717, 1.165) is 23.5 Å². The number of hydrogen-bond acceptors (Lipinski definition) is 3. The van der Waals surface area contributed by atoms with Crippen LogP contribution in [0.15, 0.2) is 18.2 Å². The maximum absolute atomic E-state index is 11.0. The van der Waals surface area contributed by atoms with E-state index < -0.39 is 5.97 Å². The van der Waals surface area contributed by atoms with E-state index in [2.05, 4.69) is 13.8 Å². The minimum atomic E-state index is -0.763. The van der Waals surface area contributed by atoms with Gasteiger partial charge in [-0.05, 0) is 36.0 Å². The van der Waals surface area contributed by atoms with E-state index in [1.165, 1.54) is 0 Å². The maximum Gasteiger partial charge on any atom is 0.303 e. The van der Waals surface area contributed by atoms with Gasteiger partial charge in [0.05, 0.1) is 6.42 Å². The number of ether oxygens (including phenoxy) is 2. The SMILES string of the molecule is CC(C)CC(CC(=O)O)c1ccc2c(c1)OCCO2. The van der Waals surface area contributed by atoms with Gasteiger partial charge in [0, 0.05) is 0 Å². The Balaban J connectivity index is 2.22. The molecule has 0 saturated carbocycles. The van der Waals surface area contributed by atoms with Crippen LogP contribution >= 0.6 is 0 Å². The second kappa shape index (κ2) is 5.95. The zero-order chi connectivity index (χ0) is 13.8. The van der Waals surface area contributed by atoms with Crippen molar-refractivity contribution in [3.8, 4) is 11.5 Å². The molecule has 0 bridgehead atoms. The molecule has 1 aromatic rings. The molecule has 0 aliphatic carbocycles. The van der Waals surface area contributed by atoms with Gasteiger partial charge in [0.1, 0.15) is 13.2 Å². The summed E-state index contributed by atoms with van der Waals surface area (Å²) in [5.41, 5.74) is 1.01. The molecule has 2 rings (SSSR count). The fourth-order valence-electron chi connectivity index (χ4n) is 2.43. The van der Waals surface area contributed by atoms with Crippen LogP contribution in [0.5, 0.6) is 11.5 Å². The van der Waals surface area contributed by atoms with Gasteiger partial charge in [-0.25, -0.2) is 0 Å². The average Bonchev–Trinajstić information content (AvgIpc) is 2.36. The third kappa shape index (κ3) is 3.63. The van der Waals surface area contributed by atoms with E-state index in [9.17, 15) is 4.79 Å². The largest absolute Gasteiger partial charge is 0.486 e. The van der Waals surface area contributed by atoms with Gasteiger partial charge < -0.3 is 14.6 Å². The number of fused-ring (bicyclic) bond motifs is 1. The smallest absolute Gasteiger partial charge is 0.303 e. The normalized spacial score (nSPS) is 15.3. The number of hydrogen-bond donors (Lipinski definition) is 1. The van der Waals surface area contributed by atoms with Gasteiger partial charge >= 0.3 is 5.97 Å². The second-order valence-electron chi connectivity index (χ2n) is 5.33. The lowest BCUT2D eigenvalue weighted by atomic mass is 9.87. The Morgan fingerprint density at radius 1 is 1.26 bits per heavy atom. The van der Waals surface area contributed by atoms with Crippen molar-refractivity contribution < 1.29 is 19.4 Å². The summed E-state index contributed by atoms with van der Waals surface area (Å²) in [6.07, 6.45) is 1.00. The van der Waals surface area contributed by atoms with Crippen molar-refractivity contribution in [1.29, 1.82) is 0 Å². The van der Waals surface area contributed by atoms with Gasteiger partial charge in [0.15, 0.2) is 11.5 Å². The van der Waals surface area contributed by atoms with Crippen molar-refractivity contribution in [2.75, 3.05) is 13.2 Å². The van der Waals surface area contributed by atoms with Gasteiger partial charge in [0.25, 0.3) is 0 Å². The lowest BCUT2D eigenvalue weighted by Gasteiger charge is -2.22. The molecule has 1 aliphatic rings. The fraction of sp³-hybridized carbons (Fsp3) is 0.533. The van der Waals surface area contributed by atoms with Crippen LogP contribution < -0.4 is 9.47 Å². The summed E-state index contributed by atoms with van der Waals surface area (Å²) in [5.74, 6) is 1.18. The first-order valence-corrected chi connectivity index (χ1v) is 6.67. The van der Waals surface area contributed by atoms with Crippen molar-refractivity contribution in [3.05, 3.63) is 23.8 Å². The first-order valence-electron chi connectivity index (χ1n) is 6.67. The third-order valence-corrected chi connectivity index (χ3v) is 3.21. The molecule has 1 atom stereocenters. The zero-order valence-electron chi connectivity index (χ0n) is 11.4. The quantitative estimate of drug-likeness (QED) is 0.888. The number of carboxylic acid groups (broad SMARTS) is 1. The van der Waals surface area contributed by atoms with Crippen LogP contribution in [0.25, 0.3) is 0 Å². The minimum absolute atomic E-state index is 0.0216. The Labute approximate surface area is 113 Å². The number of benzene rings is 1. The molecule has 4 nitrogen and oxygen atoms in total. The third-order valence-electron chi connectivity index (χ3n) is 3.21. The van der Waals surface area contributed by atoms with Gasteiger partial charge in [-0.2, -0.15) is 0 Å². The molecule has 1 aliphatic heterocycles. The lowest BCUT2D eigenvalue weighted by molar-refractivity contribution is -0.137. The standard InChI is InChI=1S/C15H20O4/c1-10(2)7-12(9-15(16)17)11-3-4-13-14(8-11)19-6-5-18-13/h3-4,8,10,12H,5-7,9H2,1-2H3,(H,16,17). The predicted octanol–water partition coefficient (Wildman–Crippen LogP) is 3.06. The summed E-state index contributed by atoms with van der Waals surface area (Å²) in [6, 6.07) is 5.74. The van der Waals surface area contributed by atoms with E-state index in [1.54, 1.807) is 0 Å². The Kier molecular flexibility index (Phi) is 4.30. The summed E-state index contributed by atoms with van der Waals surface area (Å²) in [5, 5.41) is 9.04. The van der Waals surface area contributed by atoms with Crippen LogP contribution in [0.4, 0.5) is 0 Å². The van der Waals surface area contributed by atoms with Crippen LogP contribution in [-0.4, -0.2) is 24.3 Å². The van der Waals surface area contributed by atoms with Gasteiger partial charge in [-0.3, -0.25) is 4.79 Å². The van der Waals surface area contributed by atoms with Crippen molar-refractivity contribution in [2.24, 2.45) is 5.92 Å². The topological polar surface area (TPSA) is 55.8 Å². The first-order chi connectivity index (χ1) is 9.06. The summed E-state index contributed by atoms with van der Waals surface area (Å²) >= 11 is 0. The minimum Gasteiger partial charge on any atom is -0.486 e. The van der Waals surface area contributed by atoms with Crippen LogP contribution in [-0.2, 0) is 4.79 Å². The molecule has 19 heavy (non-hydrogen) atoms. The summed E-state index contributed by atoms with van der Waals surface area (Å²) in [4.78, 5) is 11.0. The zero-order valence-corrected chi connectivity index (χ0v) is 11.4. The molecule has 1 N–H and O–H groups in total. The molecule has 0 fully saturated rings. The first kappa shape index (κ1) is 13.7. The molecule has 0 amide bonds. The Morgan fingerprint density at radius 3 is 2.58 bits per heavy atom. The van der Waals surface area contributed by atoms with E-state index in [1.807, 2.05) is 18.2 Å². The Bertz CT molecular complexity index is 453. The molecule has 1 aromatic carbocycles. The van der Waals surface area contributed by atoms with Gasteiger partial charge in [-0.15, -0.1) is 0 Å². The molecule has 1 unspecified atom stereocenters. The number of carbonyl (C=O) groups is 1. The summed E-state index contributed by atoms with van der Waals surface area (Å²) < 4.78 is 11.0. The fourth-order valence-corrected chi connectivity index (χ4v) is 2.43. The number of rotatable bonds is 5. The van der Waals surface area contributed by atoms with Crippen LogP contribution in [0.2, 0.25) is 0 Å². The molecule has 4 heteroatoms. The van der Waals surface area contributed by atoms with Gasteiger partial charge in [-0.1, -0.05) is 19.9 Å². The highest BCUT2D eigenvalue weighted by atomic mass is 16.6. The van der Waals surface area contributed by atoms with Crippen LogP contribution in [0.3, 0.4) is 0 Å². The summed E-state index contributed by atoms with van der Waals surface area (Å²) in [6.45, 7) is 5.32. The van der Waals surface area contributed by atoms with E-state index in [0.29, 0.717) is 19.1 Å². The highest BCUT2D eigenvalue weighted by Crippen LogP contribution is 2.36. The van der Waals surface area contributed by atoms with Crippen molar-refractivity contribution in [2.45, 2.75) is 32.6 Å². The van der Waals surface area contributed by atoms with Crippen LogP contribution in [0.1, 0.15) is 38.2 Å². The van der Waals surface area contributed by atoms with Crippen molar-refractivity contribution >= 4 is 5.97 Å². The molecular weight excluding hydrogens is 244 g/mol. The Morgan fingerprint density at radius 2 is 1.95 bits per heavy atom. The molecule has 1 heterocycles. The highest BCUT2D eigenvalue weighted by Gasteiger charge is 2.20. The van der Waals surface area contributed by atoms with E-state index in [4.69, 9.17) is 14.6 Å². The van der Waals surface area contributed by atoms with Crippen molar-refractivity contribution in [1.82, 2.24) is 0 Å². The van der Waals surface area contributed by atoms with E-state index >= 15 is 0 Å². The molecule has 0 spiro atoms. The average molecular weight is 264 g/mol. The Hall–Kier alpha value is -1.71. The summed E-state index contributed by atoms with van der Waals surface area (Å²) in [7, 11) is 0. The lowest BCUT2D eigenvalue weighted by Crippen LogP contribution is -2.16. The number of carboxylic acids is 1. The molecular formula is C15H20O4. The van der Waals surface area contributed by atoms with Crippen LogP contribution in [0, 0.1) is 5.92 Å². The van der Waals surface area contributed by atoms with Crippen molar-refractivity contribution in [3.63, 3.8) is 0 Å². The molecule has 0 aromatic heterocycles. The monoisotopic (exact) mass is 264 g/mol. The highest BCUT2D eigenvalue weighted by molar-refractivity contribution is 5.68. The number of aliphatic carboxylic acids is 1. The molecule has 0 saturated heterocycles.